The lowest BCUT2D eigenvalue weighted by Crippen LogP contribution is -2.32. The SMILES string of the molecule is Cc1oc2[nH]c(=O)n(C)c(=O)c2c1CC(=O)Nc1nc(-c2cc(C(F)(F)F)cc(F)c2F)cs1. The van der Waals surface area contributed by atoms with E-state index in [-0.39, 0.29) is 45.7 Å². The average molecular weight is 500 g/mol. The highest BCUT2D eigenvalue weighted by Gasteiger charge is 2.33. The molecule has 2 N–H and O–H groups in total. The van der Waals surface area contributed by atoms with Gasteiger partial charge < -0.3 is 9.73 Å². The van der Waals surface area contributed by atoms with Crippen LogP contribution in [0.1, 0.15) is 16.9 Å². The molecule has 3 heterocycles. The number of hydrogen-bond donors (Lipinski definition) is 2. The van der Waals surface area contributed by atoms with Crippen molar-refractivity contribution >= 4 is 33.5 Å². The van der Waals surface area contributed by atoms with E-state index in [1.54, 1.807) is 0 Å². The Hall–Kier alpha value is -3.81. The Morgan fingerprint density at radius 1 is 1.26 bits per heavy atom. The quantitative estimate of drug-likeness (QED) is 0.415. The maximum absolute atomic E-state index is 14.1. The maximum atomic E-state index is 14.1. The molecule has 3 aromatic heterocycles. The van der Waals surface area contributed by atoms with Crippen molar-refractivity contribution in [1.29, 1.82) is 0 Å². The number of fused-ring (bicyclic) bond motifs is 1. The molecule has 1 aromatic carbocycles. The van der Waals surface area contributed by atoms with Gasteiger partial charge in [-0.05, 0) is 19.1 Å². The topological polar surface area (TPSA) is 110 Å². The Kier molecular flexibility index (Phi) is 5.63. The van der Waals surface area contributed by atoms with Crippen molar-refractivity contribution in [3.63, 3.8) is 0 Å². The highest BCUT2D eigenvalue weighted by atomic mass is 32.1. The number of aryl methyl sites for hydroxylation is 1. The summed E-state index contributed by atoms with van der Waals surface area (Å²) in [6, 6.07) is 0.472. The van der Waals surface area contributed by atoms with Crippen LogP contribution in [-0.2, 0) is 24.4 Å². The Labute approximate surface area is 189 Å². The number of H-pyrrole nitrogens is 1. The van der Waals surface area contributed by atoms with Gasteiger partial charge in [0.1, 0.15) is 11.1 Å². The van der Waals surface area contributed by atoms with E-state index < -0.39 is 46.1 Å². The number of nitrogens with zero attached hydrogens (tertiary/aromatic N) is 2. The number of anilines is 1. The second kappa shape index (κ2) is 8.20. The van der Waals surface area contributed by atoms with Gasteiger partial charge in [0.05, 0.1) is 17.7 Å². The van der Waals surface area contributed by atoms with Crippen molar-refractivity contribution in [2.75, 3.05) is 5.32 Å². The molecule has 0 radical (unpaired) electrons. The second-order valence-electron chi connectivity index (χ2n) is 7.22. The first-order chi connectivity index (χ1) is 15.9. The van der Waals surface area contributed by atoms with Crippen LogP contribution < -0.4 is 16.6 Å². The van der Waals surface area contributed by atoms with Crippen LogP contribution in [0, 0.1) is 18.6 Å². The fourth-order valence-corrected chi connectivity index (χ4v) is 3.99. The van der Waals surface area contributed by atoms with Crippen LogP contribution in [0.15, 0.2) is 31.5 Å². The number of nitrogens with one attached hydrogen (secondary N) is 2. The standard InChI is InChI=1S/C20H13F5N4O4S/c1-7-9(14-16(33-7)28-19(32)29(2)17(14)31)5-13(30)27-18-26-12(6-34-18)10-3-8(20(23,24)25)4-11(21)15(10)22/h3-4,6H,5H2,1-2H3,(H,28,32)(H,26,27,30). The third kappa shape index (κ3) is 4.11. The van der Waals surface area contributed by atoms with E-state index >= 15 is 0 Å². The average Bonchev–Trinajstić information content (AvgIpc) is 3.31. The number of carbonyl (C=O) groups excluding carboxylic acids is 1. The Morgan fingerprint density at radius 3 is 2.65 bits per heavy atom. The van der Waals surface area contributed by atoms with E-state index in [0.29, 0.717) is 6.07 Å². The lowest BCUT2D eigenvalue weighted by atomic mass is 10.1. The number of halogens is 5. The fraction of sp³-hybridized carbons (Fsp3) is 0.200. The molecule has 0 bridgehead atoms. The Bertz CT molecular complexity index is 1560. The van der Waals surface area contributed by atoms with Gasteiger partial charge in [0.2, 0.25) is 11.6 Å². The Balaban J connectivity index is 1.61. The van der Waals surface area contributed by atoms with Gasteiger partial charge in [0, 0.05) is 23.6 Å². The molecular weight excluding hydrogens is 487 g/mol. The summed E-state index contributed by atoms with van der Waals surface area (Å²) in [5.41, 5.74) is -3.65. The van der Waals surface area contributed by atoms with Gasteiger partial charge >= 0.3 is 11.9 Å². The number of rotatable bonds is 4. The largest absolute Gasteiger partial charge is 0.444 e. The van der Waals surface area contributed by atoms with E-state index in [9.17, 15) is 36.3 Å². The van der Waals surface area contributed by atoms with E-state index in [2.05, 4.69) is 15.3 Å². The lowest BCUT2D eigenvalue weighted by Gasteiger charge is -2.09. The summed E-state index contributed by atoms with van der Waals surface area (Å²) in [6.45, 7) is 1.49. The molecule has 34 heavy (non-hydrogen) atoms. The van der Waals surface area contributed by atoms with Crippen molar-refractivity contribution < 1.29 is 31.2 Å². The molecule has 0 aliphatic heterocycles. The predicted octanol–water partition coefficient (Wildman–Crippen LogP) is 3.73. The number of hydrogen-bond acceptors (Lipinski definition) is 6. The van der Waals surface area contributed by atoms with E-state index in [1.807, 2.05) is 0 Å². The van der Waals surface area contributed by atoms with E-state index in [4.69, 9.17) is 4.42 Å². The first-order valence-electron chi connectivity index (χ1n) is 9.40. The molecule has 178 valence electrons. The number of benzene rings is 1. The number of amides is 1. The van der Waals surface area contributed by atoms with Crippen LogP contribution in [0.4, 0.5) is 27.1 Å². The molecule has 0 aliphatic carbocycles. The molecule has 0 fully saturated rings. The minimum absolute atomic E-state index is 0.0103. The van der Waals surface area contributed by atoms with Gasteiger partial charge in [0.25, 0.3) is 5.56 Å². The highest BCUT2D eigenvalue weighted by molar-refractivity contribution is 7.14. The summed E-state index contributed by atoms with van der Waals surface area (Å²) < 4.78 is 72.9. The fourth-order valence-electron chi connectivity index (χ4n) is 3.26. The molecule has 0 spiro atoms. The summed E-state index contributed by atoms with van der Waals surface area (Å²) in [5, 5.41) is 3.47. The lowest BCUT2D eigenvalue weighted by molar-refractivity contribution is -0.137. The van der Waals surface area contributed by atoms with Crippen molar-refractivity contribution in [3.8, 4) is 11.3 Å². The van der Waals surface area contributed by atoms with E-state index in [0.717, 1.165) is 21.3 Å². The minimum Gasteiger partial charge on any atom is -0.444 e. The molecule has 8 nitrogen and oxygen atoms in total. The first kappa shape index (κ1) is 23.4. The van der Waals surface area contributed by atoms with Crippen molar-refractivity contribution in [2.45, 2.75) is 19.5 Å². The summed E-state index contributed by atoms with van der Waals surface area (Å²) >= 11 is 0.778. The number of thiazole rings is 1. The zero-order valence-electron chi connectivity index (χ0n) is 17.3. The second-order valence-corrected chi connectivity index (χ2v) is 8.07. The van der Waals surface area contributed by atoms with Gasteiger partial charge in [0.15, 0.2) is 16.8 Å². The van der Waals surface area contributed by atoms with Crippen LogP contribution in [0.2, 0.25) is 0 Å². The minimum atomic E-state index is -4.90. The zero-order chi connectivity index (χ0) is 24.9. The number of furan rings is 1. The van der Waals surface area contributed by atoms with Gasteiger partial charge in [-0.2, -0.15) is 13.2 Å². The van der Waals surface area contributed by atoms with E-state index in [1.165, 1.54) is 14.0 Å². The molecule has 4 rings (SSSR count). The molecular formula is C20H13F5N4O4S. The van der Waals surface area contributed by atoms with Gasteiger partial charge in [-0.3, -0.25) is 19.1 Å². The van der Waals surface area contributed by atoms with Gasteiger partial charge in [-0.1, -0.05) is 0 Å². The molecule has 4 aromatic rings. The maximum Gasteiger partial charge on any atom is 0.416 e. The number of alkyl halides is 3. The van der Waals surface area contributed by atoms with Crippen LogP contribution >= 0.6 is 11.3 Å². The third-order valence-electron chi connectivity index (χ3n) is 4.97. The molecule has 14 heteroatoms. The summed E-state index contributed by atoms with van der Waals surface area (Å²) in [7, 11) is 1.25. The predicted molar refractivity (Wildman–Crippen MR) is 112 cm³/mol. The monoisotopic (exact) mass is 500 g/mol. The van der Waals surface area contributed by atoms with Crippen LogP contribution in [0.25, 0.3) is 22.4 Å². The summed E-state index contributed by atoms with van der Waals surface area (Å²) in [5.74, 6) is -3.66. The molecule has 1 amide bonds. The molecule has 0 saturated heterocycles. The Morgan fingerprint density at radius 2 is 1.97 bits per heavy atom. The van der Waals surface area contributed by atoms with Gasteiger partial charge in [-0.25, -0.2) is 18.6 Å². The molecule has 0 unspecified atom stereocenters. The summed E-state index contributed by atoms with van der Waals surface area (Å²) in [4.78, 5) is 43.0. The molecule has 0 aliphatic rings. The molecule has 0 atom stereocenters. The first-order valence-corrected chi connectivity index (χ1v) is 10.3. The van der Waals surface area contributed by atoms with Crippen molar-refractivity contribution in [3.05, 3.63) is 66.9 Å². The highest BCUT2D eigenvalue weighted by Crippen LogP contribution is 2.36. The number of aromatic amines is 1. The van der Waals surface area contributed by atoms with Crippen molar-refractivity contribution in [1.82, 2.24) is 14.5 Å². The van der Waals surface area contributed by atoms with Crippen LogP contribution in [0.5, 0.6) is 0 Å². The van der Waals surface area contributed by atoms with Crippen LogP contribution in [0.3, 0.4) is 0 Å². The normalized spacial score (nSPS) is 11.9. The third-order valence-corrected chi connectivity index (χ3v) is 5.73. The van der Waals surface area contributed by atoms with Crippen LogP contribution in [-0.4, -0.2) is 20.4 Å². The van der Waals surface area contributed by atoms with Crippen molar-refractivity contribution in [2.24, 2.45) is 7.05 Å². The smallest absolute Gasteiger partial charge is 0.416 e. The number of aromatic nitrogens is 3. The summed E-state index contributed by atoms with van der Waals surface area (Å²) in [6.07, 6.45) is -5.26. The zero-order valence-corrected chi connectivity index (χ0v) is 18.1. The molecule has 0 saturated carbocycles. The number of carbonyl (C=O) groups is 1. The van der Waals surface area contributed by atoms with Gasteiger partial charge in [-0.15, -0.1) is 11.3 Å².